The monoisotopic (exact) mass is 426 g/mol. The van der Waals surface area contributed by atoms with Gasteiger partial charge in [-0.05, 0) is 40.5 Å². The van der Waals surface area contributed by atoms with Crippen molar-refractivity contribution < 1.29 is 27.2 Å². The third kappa shape index (κ3) is 4.22. The number of benzene rings is 1. The molecule has 0 aliphatic carbocycles. The third-order valence-corrected chi connectivity index (χ3v) is 5.06. The van der Waals surface area contributed by atoms with Gasteiger partial charge in [0.2, 0.25) is 0 Å². The van der Waals surface area contributed by atoms with Crippen LogP contribution in [-0.4, -0.2) is 34.6 Å². The lowest BCUT2D eigenvalue weighted by atomic mass is 10.0. The Morgan fingerprint density at radius 3 is 1.30 bits per heavy atom. The van der Waals surface area contributed by atoms with Gasteiger partial charge in [0.15, 0.2) is 23.3 Å². The molecule has 3 rings (SSSR count). The van der Waals surface area contributed by atoms with E-state index in [9.17, 15) is 27.2 Å². The van der Waals surface area contributed by atoms with Gasteiger partial charge < -0.3 is 10.6 Å². The Balaban J connectivity index is 2.00. The number of hydrogen-bond acceptors (Lipinski definition) is 4. The van der Waals surface area contributed by atoms with Gasteiger partial charge in [-0.3, -0.25) is 19.6 Å². The van der Waals surface area contributed by atoms with Crippen LogP contribution in [0.15, 0.2) is 9.98 Å². The molecule has 162 valence electrons. The third-order valence-electron chi connectivity index (χ3n) is 5.06. The molecule has 2 aliphatic rings. The van der Waals surface area contributed by atoms with Crippen LogP contribution in [0.2, 0.25) is 0 Å². The molecule has 2 amide bonds. The molecule has 0 atom stereocenters. The van der Waals surface area contributed by atoms with Gasteiger partial charge in [-0.1, -0.05) is 0 Å². The van der Waals surface area contributed by atoms with E-state index in [1.807, 2.05) is 27.7 Å². The van der Waals surface area contributed by atoms with Crippen LogP contribution < -0.4 is 10.6 Å². The van der Waals surface area contributed by atoms with Crippen molar-refractivity contribution in [3.63, 3.8) is 0 Å². The van der Waals surface area contributed by atoms with Crippen molar-refractivity contribution in [1.29, 1.82) is 0 Å². The molecule has 30 heavy (non-hydrogen) atoms. The first-order chi connectivity index (χ1) is 13.8. The van der Waals surface area contributed by atoms with Gasteiger partial charge in [-0.15, -0.1) is 0 Å². The zero-order valence-corrected chi connectivity index (χ0v) is 17.1. The average molecular weight is 426 g/mol. The maximum Gasteiger partial charge on any atom is 0.260 e. The minimum Gasteiger partial charge on any atom is -0.310 e. The smallest absolute Gasteiger partial charge is 0.260 e. The van der Waals surface area contributed by atoms with E-state index in [1.54, 1.807) is 0 Å². The van der Waals surface area contributed by atoms with Crippen molar-refractivity contribution in [2.75, 3.05) is 0 Å². The number of halogens is 4. The number of carbonyl (C=O) groups excluding carboxylic acids is 2. The molecule has 0 aromatic heterocycles. The van der Waals surface area contributed by atoms with Gasteiger partial charge >= 0.3 is 0 Å². The summed E-state index contributed by atoms with van der Waals surface area (Å²) in [6, 6.07) is 0. The molecule has 0 saturated carbocycles. The fraction of sp³-hybridized carbons (Fsp3) is 0.500. The highest BCUT2D eigenvalue weighted by Gasteiger charge is 2.35. The fourth-order valence-electron chi connectivity index (χ4n) is 3.43. The van der Waals surface area contributed by atoms with Gasteiger partial charge in [-0.2, -0.15) is 0 Å². The molecule has 0 radical (unpaired) electrons. The summed E-state index contributed by atoms with van der Waals surface area (Å²) in [5.74, 6) is -10.5. The van der Waals surface area contributed by atoms with Crippen LogP contribution in [0.3, 0.4) is 0 Å². The summed E-state index contributed by atoms with van der Waals surface area (Å²) in [6.07, 6.45) is 1.89. The Hall–Kier alpha value is -2.78. The highest BCUT2D eigenvalue weighted by Crippen LogP contribution is 2.28. The molecule has 1 aromatic carbocycles. The van der Waals surface area contributed by atoms with Gasteiger partial charge in [0.1, 0.15) is 11.7 Å². The Kier molecular flexibility index (Phi) is 5.46. The Morgan fingerprint density at radius 1 is 0.700 bits per heavy atom. The van der Waals surface area contributed by atoms with Crippen LogP contribution in [0.25, 0.3) is 0 Å². The summed E-state index contributed by atoms with van der Waals surface area (Å²) in [6.45, 7) is 7.25. The SMILES string of the molecule is CC1(C)CCC(NC(=O)c2c(F)c(F)c(F)c(F)c2C(=O)NC2=NC(C)(C)CC2)=N1. The maximum absolute atomic E-state index is 14.5. The highest BCUT2D eigenvalue weighted by atomic mass is 19.2. The molecular formula is C20H22F4N4O2. The molecule has 10 heteroatoms. The first kappa shape index (κ1) is 21.9. The fourth-order valence-corrected chi connectivity index (χ4v) is 3.43. The van der Waals surface area contributed by atoms with Crippen molar-refractivity contribution in [2.24, 2.45) is 9.98 Å². The summed E-state index contributed by atoms with van der Waals surface area (Å²) in [7, 11) is 0. The van der Waals surface area contributed by atoms with E-state index in [4.69, 9.17) is 0 Å². The molecule has 0 spiro atoms. The summed E-state index contributed by atoms with van der Waals surface area (Å²) in [5.41, 5.74) is -3.38. The lowest BCUT2D eigenvalue weighted by molar-refractivity contribution is 0.0932. The summed E-state index contributed by atoms with van der Waals surface area (Å²) in [5, 5.41) is 4.55. The quantitative estimate of drug-likeness (QED) is 0.430. The van der Waals surface area contributed by atoms with Crippen LogP contribution in [0.4, 0.5) is 17.6 Å². The average Bonchev–Trinajstić information content (AvgIpc) is 3.15. The van der Waals surface area contributed by atoms with E-state index in [0.717, 1.165) is 0 Å². The number of amidine groups is 2. The maximum atomic E-state index is 14.5. The zero-order valence-electron chi connectivity index (χ0n) is 17.1. The molecule has 1 aromatic rings. The van der Waals surface area contributed by atoms with Crippen LogP contribution in [0.5, 0.6) is 0 Å². The second-order valence-electron chi connectivity index (χ2n) is 8.66. The molecule has 0 fully saturated rings. The van der Waals surface area contributed by atoms with E-state index < -0.39 is 57.3 Å². The number of nitrogens with one attached hydrogen (secondary N) is 2. The molecule has 2 aliphatic heterocycles. The Bertz CT molecular complexity index is 920. The molecule has 0 saturated heterocycles. The number of hydrogen-bond donors (Lipinski definition) is 2. The van der Waals surface area contributed by atoms with Crippen molar-refractivity contribution in [3.8, 4) is 0 Å². The number of aliphatic imine (C=N–C) groups is 2. The van der Waals surface area contributed by atoms with Crippen molar-refractivity contribution in [2.45, 2.75) is 64.5 Å². The number of rotatable bonds is 2. The molecular weight excluding hydrogens is 404 g/mol. The van der Waals surface area contributed by atoms with Gasteiger partial charge in [0.25, 0.3) is 11.8 Å². The van der Waals surface area contributed by atoms with Gasteiger partial charge in [0.05, 0.1) is 22.2 Å². The molecule has 2 N–H and O–H groups in total. The number of nitrogens with zero attached hydrogens (tertiary/aromatic N) is 2. The predicted molar refractivity (Wildman–Crippen MR) is 103 cm³/mol. The van der Waals surface area contributed by atoms with Crippen molar-refractivity contribution in [3.05, 3.63) is 34.4 Å². The van der Waals surface area contributed by atoms with E-state index >= 15 is 0 Å². The summed E-state index contributed by atoms with van der Waals surface area (Å²) in [4.78, 5) is 33.7. The Labute approximate surface area is 170 Å². The Morgan fingerprint density at radius 2 is 1.03 bits per heavy atom. The van der Waals surface area contributed by atoms with Crippen LogP contribution >= 0.6 is 0 Å². The topological polar surface area (TPSA) is 82.9 Å². The standard InChI is InChI=1S/C20H22F4N4O2/c1-19(2)7-5-9(27-19)25-17(29)11-12(14(22)16(24)15(23)13(11)21)18(30)26-10-6-8-20(3,4)28-10/h5-8H2,1-4H3,(H,25,27,29)(H,26,28,30). The van der Waals surface area contributed by atoms with E-state index in [-0.39, 0.29) is 11.7 Å². The zero-order chi connectivity index (χ0) is 22.4. The molecule has 0 bridgehead atoms. The van der Waals surface area contributed by atoms with Gasteiger partial charge in [-0.25, -0.2) is 17.6 Å². The van der Waals surface area contributed by atoms with Crippen LogP contribution in [0.1, 0.15) is 74.1 Å². The molecule has 0 unspecified atom stereocenters. The van der Waals surface area contributed by atoms with E-state index in [0.29, 0.717) is 25.7 Å². The van der Waals surface area contributed by atoms with E-state index in [2.05, 4.69) is 20.6 Å². The minimum atomic E-state index is -2.18. The van der Waals surface area contributed by atoms with Crippen LogP contribution in [0, 0.1) is 23.3 Å². The minimum absolute atomic E-state index is 0.183. The normalized spacial score (nSPS) is 19.3. The highest BCUT2D eigenvalue weighted by molar-refractivity contribution is 6.16. The molecule has 6 nitrogen and oxygen atoms in total. The second-order valence-corrected chi connectivity index (χ2v) is 8.66. The summed E-state index contributed by atoms with van der Waals surface area (Å²) < 4.78 is 56.7. The second kappa shape index (κ2) is 7.48. The van der Waals surface area contributed by atoms with E-state index in [1.165, 1.54) is 0 Å². The largest absolute Gasteiger partial charge is 0.310 e. The van der Waals surface area contributed by atoms with Crippen LogP contribution in [-0.2, 0) is 0 Å². The first-order valence-electron chi connectivity index (χ1n) is 9.47. The first-order valence-corrected chi connectivity index (χ1v) is 9.47. The lowest BCUT2D eigenvalue weighted by Crippen LogP contribution is -2.36. The lowest BCUT2D eigenvalue weighted by Gasteiger charge is -2.14. The van der Waals surface area contributed by atoms with Crippen molar-refractivity contribution >= 4 is 23.5 Å². The predicted octanol–water partition coefficient (Wildman–Crippen LogP) is 3.64. The molecule has 2 heterocycles. The van der Waals surface area contributed by atoms with Crippen molar-refractivity contribution in [1.82, 2.24) is 10.6 Å². The summed E-state index contributed by atoms with van der Waals surface area (Å²) >= 11 is 0. The number of carbonyl (C=O) groups is 2. The van der Waals surface area contributed by atoms with Gasteiger partial charge in [0, 0.05) is 12.8 Å². The number of amides is 2.